The van der Waals surface area contributed by atoms with Crippen LogP contribution in [0.1, 0.15) is 19.2 Å². The largest absolute Gasteiger partial charge is 0.263 e. The number of nitrogens with one attached hydrogen (secondary N) is 1. The summed E-state index contributed by atoms with van der Waals surface area (Å²) in [4.78, 5) is 8.79. The lowest BCUT2D eigenvalue weighted by molar-refractivity contribution is 0.841. The fraction of sp³-hybridized carbons (Fsp3) is 0.214. The summed E-state index contributed by atoms with van der Waals surface area (Å²) in [6.07, 6.45) is 3.80. The number of hydrogen-bond donors (Lipinski definition) is 1. The van der Waals surface area contributed by atoms with Crippen LogP contribution in [0.25, 0.3) is 22.3 Å². The Morgan fingerprint density at radius 1 is 1.22 bits per heavy atom. The topological polar surface area (TPSA) is 54.5 Å². The Labute approximate surface area is 105 Å². The van der Waals surface area contributed by atoms with Crippen LogP contribution in [0.3, 0.4) is 0 Å². The molecular weight excluding hydrogens is 224 g/mol. The van der Waals surface area contributed by atoms with Crippen molar-refractivity contribution in [3.05, 3.63) is 42.4 Å². The van der Waals surface area contributed by atoms with Gasteiger partial charge in [0.2, 0.25) is 0 Å². The van der Waals surface area contributed by atoms with E-state index in [0.717, 1.165) is 41.0 Å². The number of benzene rings is 1. The molecule has 0 saturated carbocycles. The summed E-state index contributed by atoms with van der Waals surface area (Å²) in [5, 5.41) is 8.34. The predicted molar refractivity (Wildman–Crippen MR) is 71.1 cm³/mol. The van der Waals surface area contributed by atoms with E-state index in [0.29, 0.717) is 0 Å². The first-order valence-corrected chi connectivity index (χ1v) is 6.13. The zero-order valence-electron chi connectivity index (χ0n) is 10.2. The van der Waals surface area contributed by atoms with Gasteiger partial charge in [-0.1, -0.05) is 13.0 Å². The molecule has 0 aliphatic carbocycles. The lowest BCUT2D eigenvalue weighted by atomic mass is 10.1. The molecule has 4 nitrogen and oxygen atoms in total. The molecule has 4 heteroatoms. The third-order valence-corrected chi connectivity index (χ3v) is 2.88. The number of aryl methyl sites for hydroxylation is 1. The maximum absolute atomic E-state index is 4.49. The Bertz CT molecular complexity index is 672. The minimum atomic E-state index is 0.754. The number of hydrogen-bond acceptors (Lipinski definition) is 3. The van der Waals surface area contributed by atoms with E-state index >= 15 is 0 Å². The molecular formula is C14H14N4. The van der Waals surface area contributed by atoms with E-state index in [4.69, 9.17) is 0 Å². The molecule has 0 aliphatic heterocycles. The smallest absolute Gasteiger partial charge is 0.181 e. The van der Waals surface area contributed by atoms with Gasteiger partial charge >= 0.3 is 0 Å². The second-order valence-corrected chi connectivity index (χ2v) is 4.27. The minimum Gasteiger partial charge on any atom is -0.263 e. The van der Waals surface area contributed by atoms with Crippen molar-refractivity contribution in [2.45, 2.75) is 19.8 Å². The van der Waals surface area contributed by atoms with E-state index in [-0.39, 0.29) is 0 Å². The predicted octanol–water partition coefficient (Wildman–Crippen LogP) is 2.97. The first-order chi connectivity index (χ1) is 8.86. The highest BCUT2D eigenvalue weighted by Gasteiger charge is 2.06. The van der Waals surface area contributed by atoms with Crippen molar-refractivity contribution in [3.8, 4) is 11.4 Å². The highest BCUT2D eigenvalue weighted by Crippen LogP contribution is 2.20. The fourth-order valence-electron chi connectivity index (χ4n) is 1.99. The molecule has 2 heterocycles. The van der Waals surface area contributed by atoms with Crippen LogP contribution in [0.5, 0.6) is 0 Å². The van der Waals surface area contributed by atoms with Crippen LogP contribution in [0, 0.1) is 0 Å². The second-order valence-electron chi connectivity index (χ2n) is 4.27. The third-order valence-electron chi connectivity index (χ3n) is 2.88. The van der Waals surface area contributed by atoms with Gasteiger partial charge < -0.3 is 0 Å². The van der Waals surface area contributed by atoms with Crippen molar-refractivity contribution in [1.82, 2.24) is 20.2 Å². The highest BCUT2D eigenvalue weighted by atomic mass is 15.2. The van der Waals surface area contributed by atoms with Crippen molar-refractivity contribution < 1.29 is 0 Å². The van der Waals surface area contributed by atoms with Gasteiger partial charge in [0.15, 0.2) is 5.82 Å². The van der Waals surface area contributed by atoms with Gasteiger partial charge in [-0.2, -0.15) is 5.10 Å². The summed E-state index contributed by atoms with van der Waals surface area (Å²) in [6, 6.07) is 10.1. The number of fused-ring (bicyclic) bond motifs is 1. The van der Waals surface area contributed by atoms with Crippen molar-refractivity contribution >= 4 is 10.9 Å². The molecule has 0 aliphatic rings. The van der Waals surface area contributed by atoms with Gasteiger partial charge in [0, 0.05) is 23.6 Å². The summed E-state index contributed by atoms with van der Waals surface area (Å²) in [5.74, 6) is 1.70. The van der Waals surface area contributed by atoms with Crippen molar-refractivity contribution in [2.75, 3.05) is 0 Å². The first kappa shape index (κ1) is 10.9. The minimum absolute atomic E-state index is 0.754. The Morgan fingerprint density at radius 3 is 3.06 bits per heavy atom. The van der Waals surface area contributed by atoms with Gasteiger partial charge in [0.05, 0.1) is 5.52 Å². The van der Waals surface area contributed by atoms with Gasteiger partial charge in [-0.25, -0.2) is 4.98 Å². The number of H-pyrrole nitrogens is 1. The molecule has 2 aromatic heterocycles. The average molecular weight is 238 g/mol. The number of nitrogens with zero attached hydrogens (tertiary/aromatic N) is 3. The number of aromatic nitrogens is 4. The fourth-order valence-corrected chi connectivity index (χ4v) is 1.99. The molecule has 0 bridgehead atoms. The molecule has 0 spiro atoms. The van der Waals surface area contributed by atoms with E-state index in [1.807, 2.05) is 24.3 Å². The van der Waals surface area contributed by atoms with Crippen LogP contribution < -0.4 is 0 Å². The van der Waals surface area contributed by atoms with Crippen LogP contribution in [-0.4, -0.2) is 20.2 Å². The maximum Gasteiger partial charge on any atom is 0.181 e. The summed E-state index contributed by atoms with van der Waals surface area (Å²) >= 11 is 0. The van der Waals surface area contributed by atoms with E-state index < -0.39 is 0 Å². The molecule has 0 fully saturated rings. The van der Waals surface area contributed by atoms with Gasteiger partial charge in [-0.05, 0) is 30.7 Å². The molecule has 0 radical (unpaired) electrons. The lowest BCUT2D eigenvalue weighted by Gasteiger charge is -1.98. The molecule has 0 saturated heterocycles. The van der Waals surface area contributed by atoms with Gasteiger partial charge in [-0.3, -0.25) is 10.1 Å². The van der Waals surface area contributed by atoms with E-state index in [1.54, 1.807) is 6.20 Å². The molecule has 90 valence electrons. The Hall–Kier alpha value is -2.23. The van der Waals surface area contributed by atoms with Gasteiger partial charge in [-0.15, -0.1) is 0 Å². The lowest BCUT2D eigenvalue weighted by Crippen LogP contribution is -1.85. The monoisotopic (exact) mass is 238 g/mol. The Kier molecular flexibility index (Phi) is 2.76. The van der Waals surface area contributed by atoms with Crippen molar-refractivity contribution in [1.29, 1.82) is 0 Å². The molecule has 0 atom stereocenters. The zero-order valence-corrected chi connectivity index (χ0v) is 10.2. The van der Waals surface area contributed by atoms with Gasteiger partial charge in [0.1, 0.15) is 5.82 Å². The Morgan fingerprint density at radius 2 is 2.17 bits per heavy atom. The van der Waals surface area contributed by atoms with Crippen LogP contribution in [0.4, 0.5) is 0 Å². The molecule has 3 aromatic rings. The molecule has 3 rings (SSSR count). The summed E-state index contributed by atoms with van der Waals surface area (Å²) in [5.41, 5.74) is 2.01. The summed E-state index contributed by atoms with van der Waals surface area (Å²) < 4.78 is 0. The molecule has 18 heavy (non-hydrogen) atoms. The van der Waals surface area contributed by atoms with E-state index in [1.165, 1.54) is 0 Å². The van der Waals surface area contributed by atoms with Crippen LogP contribution >= 0.6 is 0 Å². The van der Waals surface area contributed by atoms with Crippen molar-refractivity contribution in [2.24, 2.45) is 0 Å². The Balaban J connectivity index is 2.02. The van der Waals surface area contributed by atoms with Gasteiger partial charge in [0.25, 0.3) is 0 Å². The summed E-state index contributed by atoms with van der Waals surface area (Å²) in [6.45, 7) is 2.13. The van der Waals surface area contributed by atoms with Crippen LogP contribution in [0.2, 0.25) is 0 Å². The molecule has 0 unspecified atom stereocenters. The molecule has 1 aromatic carbocycles. The first-order valence-electron chi connectivity index (χ1n) is 6.13. The summed E-state index contributed by atoms with van der Waals surface area (Å²) in [7, 11) is 0. The number of pyridine rings is 1. The van der Waals surface area contributed by atoms with Crippen LogP contribution in [0.15, 0.2) is 36.5 Å². The van der Waals surface area contributed by atoms with Crippen molar-refractivity contribution in [3.63, 3.8) is 0 Å². The number of aromatic amines is 1. The molecule has 1 N–H and O–H groups in total. The quantitative estimate of drug-likeness (QED) is 0.763. The molecule has 0 amide bonds. The number of rotatable bonds is 3. The van der Waals surface area contributed by atoms with Crippen LogP contribution in [-0.2, 0) is 6.42 Å². The van der Waals surface area contributed by atoms with E-state index in [2.05, 4.69) is 33.2 Å². The third kappa shape index (κ3) is 1.97. The zero-order chi connectivity index (χ0) is 12.4. The maximum atomic E-state index is 4.49. The normalized spacial score (nSPS) is 10.9. The SMILES string of the molecule is CCCc1nc(-c2ccc3ncccc3c2)n[nH]1. The van der Waals surface area contributed by atoms with E-state index in [9.17, 15) is 0 Å². The second kappa shape index (κ2) is 4.56. The standard InChI is InChI=1S/C14H14N4/c1-2-4-13-16-14(18-17-13)11-6-7-12-10(9-11)5-3-8-15-12/h3,5-9H,2,4H2,1H3,(H,16,17,18). The average Bonchev–Trinajstić information content (AvgIpc) is 2.87. The highest BCUT2D eigenvalue weighted by molar-refractivity contribution is 5.82.